The molecule has 0 N–H and O–H groups in total. The van der Waals surface area contributed by atoms with Crippen LogP contribution >= 0.6 is 15.9 Å². The number of carbonyl (C=O) groups is 1. The molecule has 1 saturated carbocycles. The summed E-state index contributed by atoms with van der Waals surface area (Å²) in [7, 11) is 0. The number of hydrogen-bond acceptors (Lipinski definition) is 3. The predicted molar refractivity (Wildman–Crippen MR) is 82.9 cm³/mol. The van der Waals surface area contributed by atoms with Gasteiger partial charge in [0.2, 0.25) is 0 Å². The first-order valence-electron chi connectivity index (χ1n) is 7.41. The van der Waals surface area contributed by atoms with Crippen LogP contribution in [0.25, 0.3) is 0 Å². The number of carbonyl (C=O) groups excluding carboxylic acids is 1. The Labute approximate surface area is 133 Å². The summed E-state index contributed by atoms with van der Waals surface area (Å²) in [6.07, 6.45) is 6.03. The molecule has 116 valence electrons. The summed E-state index contributed by atoms with van der Waals surface area (Å²) in [5.74, 6) is 0.678. The first kappa shape index (κ1) is 14.9. The minimum absolute atomic E-state index is 0.174. The average Bonchev–Trinajstić information content (AvgIpc) is 2.62. The van der Waals surface area contributed by atoms with Crippen molar-refractivity contribution >= 4 is 22.0 Å². The van der Waals surface area contributed by atoms with Crippen LogP contribution in [0.5, 0.6) is 0 Å². The summed E-state index contributed by atoms with van der Waals surface area (Å²) >= 11 is 3.42. The molecule has 5 nitrogen and oxygen atoms in total. The van der Waals surface area contributed by atoms with Crippen LogP contribution in [0.1, 0.15) is 33.6 Å². The lowest BCUT2D eigenvalue weighted by molar-refractivity contribution is -0.0987. The van der Waals surface area contributed by atoms with Crippen molar-refractivity contribution in [2.24, 2.45) is 11.3 Å². The van der Waals surface area contributed by atoms with Crippen LogP contribution in [0.15, 0.2) is 16.9 Å². The third-order valence-corrected chi connectivity index (χ3v) is 4.60. The van der Waals surface area contributed by atoms with E-state index in [1.165, 1.54) is 12.8 Å². The number of likely N-dealkylation sites (tertiary alicyclic amines) is 1. The highest BCUT2D eigenvalue weighted by Gasteiger charge is 2.54. The third kappa shape index (κ3) is 3.25. The highest BCUT2D eigenvalue weighted by molar-refractivity contribution is 9.10. The molecule has 1 saturated heterocycles. The van der Waals surface area contributed by atoms with Crippen molar-refractivity contribution < 1.29 is 9.53 Å². The van der Waals surface area contributed by atoms with Gasteiger partial charge in [0.15, 0.2) is 0 Å². The molecular weight excluding hydrogens is 334 g/mol. The zero-order valence-corrected chi connectivity index (χ0v) is 14.4. The van der Waals surface area contributed by atoms with E-state index in [1.54, 1.807) is 0 Å². The molecule has 1 aliphatic heterocycles. The summed E-state index contributed by atoms with van der Waals surface area (Å²) in [6, 6.07) is 0. The van der Waals surface area contributed by atoms with Crippen LogP contribution < -0.4 is 0 Å². The van der Waals surface area contributed by atoms with Crippen LogP contribution in [0, 0.1) is 11.3 Å². The number of halogens is 1. The molecule has 0 radical (unpaired) electrons. The van der Waals surface area contributed by atoms with Gasteiger partial charge >= 0.3 is 6.09 Å². The number of amides is 1. The Morgan fingerprint density at radius 2 is 2.14 bits per heavy atom. The van der Waals surface area contributed by atoms with Crippen molar-refractivity contribution in [1.82, 2.24) is 14.7 Å². The van der Waals surface area contributed by atoms with Gasteiger partial charge in [-0.25, -0.2) is 4.79 Å². The van der Waals surface area contributed by atoms with Gasteiger partial charge in [-0.3, -0.25) is 4.68 Å². The first-order chi connectivity index (χ1) is 9.75. The van der Waals surface area contributed by atoms with Crippen LogP contribution in [-0.4, -0.2) is 39.5 Å². The molecule has 1 amide bonds. The molecule has 0 aromatic carbocycles. The third-order valence-electron chi connectivity index (χ3n) is 4.19. The largest absolute Gasteiger partial charge is 0.444 e. The maximum Gasteiger partial charge on any atom is 0.410 e. The van der Waals surface area contributed by atoms with Gasteiger partial charge in [-0.15, -0.1) is 0 Å². The van der Waals surface area contributed by atoms with E-state index in [1.807, 2.05) is 42.7 Å². The fraction of sp³-hybridized carbons (Fsp3) is 0.733. The molecule has 1 aromatic heterocycles. The monoisotopic (exact) mass is 355 g/mol. The van der Waals surface area contributed by atoms with Crippen molar-refractivity contribution in [3.05, 3.63) is 16.9 Å². The fourth-order valence-electron chi connectivity index (χ4n) is 3.47. The molecule has 2 heterocycles. The molecule has 3 rings (SSSR count). The fourth-order valence-corrected chi connectivity index (χ4v) is 3.80. The molecule has 2 fully saturated rings. The van der Waals surface area contributed by atoms with E-state index in [0.29, 0.717) is 11.3 Å². The van der Waals surface area contributed by atoms with E-state index in [4.69, 9.17) is 4.74 Å². The van der Waals surface area contributed by atoms with Crippen LogP contribution in [-0.2, 0) is 11.3 Å². The second-order valence-corrected chi connectivity index (χ2v) is 8.41. The highest BCUT2D eigenvalue weighted by Crippen LogP contribution is 2.52. The van der Waals surface area contributed by atoms with Gasteiger partial charge in [0.25, 0.3) is 0 Å². The van der Waals surface area contributed by atoms with Crippen molar-refractivity contribution in [3.63, 3.8) is 0 Å². The maximum atomic E-state index is 11.9. The topological polar surface area (TPSA) is 47.4 Å². The van der Waals surface area contributed by atoms with E-state index >= 15 is 0 Å². The Morgan fingerprint density at radius 3 is 2.67 bits per heavy atom. The summed E-state index contributed by atoms with van der Waals surface area (Å²) < 4.78 is 8.41. The number of aromatic nitrogens is 2. The first-order valence-corrected chi connectivity index (χ1v) is 8.20. The quantitative estimate of drug-likeness (QED) is 0.817. The molecule has 6 heteroatoms. The van der Waals surface area contributed by atoms with Crippen LogP contribution in [0.3, 0.4) is 0 Å². The molecule has 21 heavy (non-hydrogen) atoms. The SMILES string of the molecule is CC(C)(C)OC(=O)N1CC2(CC(Cn3cc(Br)cn3)C2)C1. The lowest BCUT2D eigenvalue weighted by Crippen LogP contribution is -2.64. The average molecular weight is 356 g/mol. The van der Waals surface area contributed by atoms with Crippen molar-refractivity contribution in [2.45, 2.75) is 45.8 Å². The van der Waals surface area contributed by atoms with Crippen molar-refractivity contribution in [1.29, 1.82) is 0 Å². The molecule has 1 aliphatic carbocycles. The smallest absolute Gasteiger partial charge is 0.410 e. The zero-order valence-electron chi connectivity index (χ0n) is 12.8. The molecule has 1 spiro atoms. The van der Waals surface area contributed by atoms with Crippen molar-refractivity contribution in [2.75, 3.05) is 13.1 Å². The molecular formula is C15H22BrN3O2. The van der Waals surface area contributed by atoms with Gasteiger partial charge in [0.05, 0.1) is 10.7 Å². The minimum atomic E-state index is -0.407. The van der Waals surface area contributed by atoms with Gasteiger partial charge in [0.1, 0.15) is 5.60 Å². The van der Waals surface area contributed by atoms with Gasteiger partial charge < -0.3 is 9.64 Å². The summed E-state index contributed by atoms with van der Waals surface area (Å²) in [5, 5.41) is 4.30. The Balaban J connectivity index is 1.42. The van der Waals surface area contributed by atoms with Crippen LogP contribution in [0.4, 0.5) is 4.79 Å². The molecule has 0 atom stereocenters. The summed E-state index contributed by atoms with van der Waals surface area (Å²) in [6.45, 7) is 8.38. The highest BCUT2D eigenvalue weighted by atomic mass is 79.9. The summed E-state index contributed by atoms with van der Waals surface area (Å²) in [5.41, 5.74) is -0.0541. The lowest BCUT2D eigenvalue weighted by Gasteiger charge is -2.58. The lowest BCUT2D eigenvalue weighted by atomic mass is 9.58. The number of ether oxygens (including phenoxy) is 1. The standard InChI is InChI=1S/C15H22BrN3O2/c1-14(2,3)21-13(20)18-9-15(10-18)4-11(5-15)7-19-8-12(16)6-17-19/h6,8,11H,4-5,7,9-10H2,1-3H3. The Hall–Kier alpha value is -1.04. The Morgan fingerprint density at radius 1 is 1.48 bits per heavy atom. The molecule has 2 aliphatic rings. The Kier molecular flexibility index (Phi) is 3.55. The maximum absolute atomic E-state index is 11.9. The second kappa shape index (κ2) is 5.00. The van der Waals surface area contributed by atoms with Gasteiger partial charge in [-0.05, 0) is 55.5 Å². The van der Waals surface area contributed by atoms with E-state index in [0.717, 1.165) is 24.1 Å². The van der Waals surface area contributed by atoms with E-state index < -0.39 is 5.60 Å². The normalized spacial score (nSPS) is 21.0. The molecule has 1 aromatic rings. The van der Waals surface area contributed by atoms with E-state index in [2.05, 4.69) is 21.0 Å². The van der Waals surface area contributed by atoms with Gasteiger partial charge in [0, 0.05) is 31.2 Å². The van der Waals surface area contributed by atoms with E-state index in [9.17, 15) is 4.79 Å². The molecule has 0 unspecified atom stereocenters. The minimum Gasteiger partial charge on any atom is -0.444 e. The molecule has 0 bridgehead atoms. The number of nitrogens with zero attached hydrogens (tertiary/aromatic N) is 3. The number of hydrogen-bond donors (Lipinski definition) is 0. The second-order valence-electron chi connectivity index (χ2n) is 7.49. The van der Waals surface area contributed by atoms with Gasteiger partial charge in [-0.2, -0.15) is 5.10 Å². The van der Waals surface area contributed by atoms with E-state index in [-0.39, 0.29) is 6.09 Å². The predicted octanol–water partition coefficient (Wildman–Crippen LogP) is 3.29. The number of rotatable bonds is 2. The zero-order chi connectivity index (χ0) is 15.3. The summed E-state index contributed by atoms with van der Waals surface area (Å²) in [4.78, 5) is 13.8. The van der Waals surface area contributed by atoms with Crippen molar-refractivity contribution in [3.8, 4) is 0 Å². The Bertz CT molecular complexity index is 535. The van der Waals surface area contributed by atoms with Gasteiger partial charge in [-0.1, -0.05) is 0 Å². The van der Waals surface area contributed by atoms with Crippen LogP contribution in [0.2, 0.25) is 0 Å².